The summed E-state index contributed by atoms with van der Waals surface area (Å²) in [6.07, 6.45) is 3.62. The minimum absolute atomic E-state index is 0.499. The molecule has 0 saturated carbocycles. The number of para-hydroxylation sites is 1. The maximum Gasteiger partial charge on any atom is 0.126 e. The van der Waals surface area contributed by atoms with Crippen molar-refractivity contribution in [1.29, 1.82) is 0 Å². The van der Waals surface area contributed by atoms with E-state index in [-0.39, 0.29) is 0 Å². The lowest BCUT2D eigenvalue weighted by molar-refractivity contribution is 0.300. The highest BCUT2D eigenvalue weighted by Crippen LogP contribution is 2.23. The van der Waals surface area contributed by atoms with Crippen LogP contribution in [0, 0.1) is 6.92 Å². The van der Waals surface area contributed by atoms with E-state index >= 15 is 0 Å². The Balaban J connectivity index is 2.62. The standard InChI is InChI=1S/C16H27NO/c1-5-6-7-11-18-16-14(4)9-8-10-15(16)12-17-13(2)3/h8-10,13,17H,5-7,11-12H2,1-4H3. The minimum Gasteiger partial charge on any atom is -0.493 e. The van der Waals surface area contributed by atoms with Gasteiger partial charge in [0.1, 0.15) is 5.75 Å². The Bertz CT molecular complexity index is 347. The lowest BCUT2D eigenvalue weighted by Gasteiger charge is -2.15. The predicted molar refractivity (Wildman–Crippen MR) is 78.2 cm³/mol. The van der Waals surface area contributed by atoms with Crippen LogP contribution in [-0.4, -0.2) is 12.6 Å². The summed E-state index contributed by atoms with van der Waals surface area (Å²) in [5.41, 5.74) is 2.50. The summed E-state index contributed by atoms with van der Waals surface area (Å²) in [6.45, 7) is 10.4. The van der Waals surface area contributed by atoms with E-state index in [1.165, 1.54) is 24.0 Å². The van der Waals surface area contributed by atoms with E-state index < -0.39 is 0 Å². The zero-order valence-electron chi connectivity index (χ0n) is 12.3. The molecule has 2 nitrogen and oxygen atoms in total. The molecule has 1 aromatic rings. The molecule has 0 aliphatic carbocycles. The van der Waals surface area contributed by atoms with Gasteiger partial charge in [0, 0.05) is 18.2 Å². The van der Waals surface area contributed by atoms with E-state index in [0.717, 1.165) is 25.3 Å². The third-order valence-corrected chi connectivity index (χ3v) is 2.99. The van der Waals surface area contributed by atoms with Crippen molar-refractivity contribution in [2.75, 3.05) is 6.61 Å². The van der Waals surface area contributed by atoms with Crippen molar-refractivity contribution < 1.29 is 4.74 Å². The number of hydrogen-bond donors (Lipinski definition) is 1. The zero-order chi connectivity index (χ0) is 13.4. The molecule has 0 heterocycles. The molecule has 0 spiro atoms. The van der Waals surface area contributed by atoms with Gasteiger partial charge in [-0.2, -0.15) is 0 Å². The van der Waals surface area contributed by atoms with Crippen molar-refractivity contribution in [1.82, 2.24) is 5.32 Å². The Morgan fingerprint density at radius 3 is 2.67 bits per heavy atom. The fraction of sp³-hybridized carbons (Fsp3) is 0.625. The molecule has 102 valence electrons. The predicted octanol–water partition coefficient (Wildman–Crippen LogP) is 4.06. The Kier molecular flexibility index (Phi) is 6.81. The molecule has 0 aromatic heterocycles. The first-order valence-corrected chi connectivity index (χ1v) is 7.09. The van der Waals surface area contributed by atoms with Crippen LogP contribution in [0.1, 0.15) is 51.2 Å². The average Bonchev–Trinajstić information content (AvgIpc) is 2.34. The van der Waals surface area contributed by atoms with Gasteiger partial charge in [-0.15, -0.1) is 0 Å². The molecule has 0 bridgehead atoms. The summed E-state index contributed by atoms with van der Waals surface area (Å²) >= 11 is 0. The highest BCUT2D eigenvalue weighted by Gasteiger charge is 2.07. The van der Waals surface area contributed by atoms with Crippen molar-refractivity contribution in [2.45, 2.75) is 59.5 Å². The van der Waals surface area contributed by atoms with Gasteiger partial charge in [0.15, 0.2) is 0 Å². The normalized spacial score (nSPS) is 10.9. The molecule has 0 aliphatic rings. The van der Waals surface area contributed by atoms with E-state index in [2.05, 4.69) is 51.2 Å². The molecule has 1 rings (SSSR count). The Morgan fingerprint density at radius 2 is 2.00 bits per heavy atom. The highest BCUT2D eigenvalue weighted by molar-refractivity contribution is 5.40. The first-order valence-electron chi connectivity index (χ1n) is 7.09. The van der Waals surface area contributed by atoms with Gasteiger partial charge in [-0.25, -0.2) is 0 Å². The van der Waals surface area contributed by atoms with E-state index in [1.54, 1.807) is 0 Å². The summed E-state index contributed by atoms with van der Waals surface area (Å²) in [5, 5.41) is 3.45. The second-order valence-electron chi connectivity index (χ2n) is 5.15. The monoisotopic (exact) mass is 249 g/mol. The number of ether oxygens (including phenoxy) is 1. The number of unbranched alkanes of at least 4 members (excludes halogenated alkanes) is 2. The van der Waals surface area contributed by atoms with Crippen LogP contribution in [0.15, 0.2) is 18.2 Å². The van der Waals surface area contributed by atoms with Gasteiger partial charge in [0.05, 0.1) is 6.61 Å². The molecule has 1 N–H and O–H groups in total. The van der Waals surface area contributed by atoms with Crippen LogP contribution in [0.4, 0.5) is 0 Å². The third kappa shape index (κ3) is 5.09. The number of hydrogen-bond acceptors (Lipinski definition) is 2. The Hall–Kier alpha value is -1.02. The van der Waals surface area contributed by atoms with Crippen molar-refractivity contribution in [2.24, 2.45) is 0 Å². The first kappa shape index (κ1) is 15.0. The third-order valence-electron chi connectivity index (χ3n) is 2.99. The van der Waals surface area contributed by atoms with E-state index in [0.29, 0.717) is 6.04 Å². The van der Waals surface area contributed by atoms with Gasteiger partial charge in [-0.3, -0.25) is 0 Å². The van der Waals surface area contributed by atoms with Crippen LogP contribution in [0.3, 0.4) is 0 Å². The smallest absolute Gasteiger partial charge is 0.126 e. The second kappa shape index (κ2) is 8.15. The van der Waals surface area contributed by atoms with E-state index in [4.69, 9.17) is 4.74 Å². The number of benzene rings is 1. The van der Waals surface area contributed by atoms with Crippen molar-refractivity contribution in [3.8, 4) is 5.75 Å². The lowest BCUT2D eigenvalue weighted by Crippen LogP contribution is -2.22. The molecule has 18 heavy (non-hydrogen) atoms. The van der Waals surface area contributed by atoms with Gasteiger partial charge >= 0.3 is 0 Å². The SMILES string of the molecule is CCCCCOc1c(C)cccc1CNC(C)C. The van der Waals surface area contributed by atoms with Gasteiger partial charge in [-0.05, 0) is 18.9 Å². The molecule has 0 radical (unpaired) electrons. The average molecular weight is 249 g/mol. The fourth-order valence-corrected chi connectivity index (χ4v) is 1.90. The number of nitrogens with one attached hydrogen (secondary N) is 1. The first-order chi connectivity index (χ1) is 8.65. The van der Waals surface area contributed by atoms with Crippen LogP contribution in [0.25, 0.3) is 0 Å². The summed E-state index contributed by atoms with van der Waals surface area (Å²) in [7, 11) is 0. The van der Waals surface area contributed by atoms with Crippen LogP contribution in [-0.2, 0) is 6.54 Å². The summed E-state index contributed by atoms with van der Waals surface area (Å²) < 4.78 is 5.96. The number of aryl methyl sites for hydroxylation is 1. The summed E-state index contributed by atoms with van der Waals surface area (Å²) in [4.78, 5) is 0. The second-order valence-corrected chi connectivity index (χ2v) is 5.15. The summed E-state index contributed by atoms with van der Waals surface area (Å²) in [5.74, 6) is 1.07. The maximum absolute atomic E-state index is 5.96. The van der Waals surface area contributed by atoms with E-state index in [9.17, 15) is 0 Å². The largest absolute Gasteiger partial charge is 0.493 e. The molecule has 0 saturated heterocycles. The highest BCUT2D eigenvalue weighted by atomic mass is 16.5. The van der Waals surface area contributed by atoms with Crippen molar-refractivity contribution in [3.05, 3.63) is 29.3 Å². The Morgan fingerprint density at radius 1 is 1.22 bits per heavy atom. The van der Waals surface area contributed by atoms with Crippen molar-refractivity contribution >= 4 is 0 Å². The zero-order valence-corrected chi connectivity index (χ0v) is 12.3. The Labute approximate surface area is 112 Å². The van der Waals surface area contributed by atoms with Crippen LogP contribution in [0.5, 0.6) is 5.75 Å². The minimum atomic E-state index is 0.499. The number of rotatable bonds is 8. The van der Waals surface area contributed by atoms with Gasteiger partial charge in [0.2, 0.25) is 0 Å². The molecule has 0 fully saturated rings. The molecule has 1 aromatic carbocycles. The topological polar surface area (TPSA) is 21.3 Å². The molecule has 0 unspecified atom stereocenters. The van der Waals surface area contributed by atoms with E-state index in [1.807, 2.05) is 0 Å². The van der Waals surface area contributed by atoms with Crippen LogP contribution < -0.4 is 10.1 Å². The van der Waals surface area contributed by atoms with Crippen LogP contribution >= 0.6 is 0 Å². The van der Waals surface area contributed by atoms with Crippen LogP contribution in [0.2, 0.25) is 0 Å². The fourth-order valence-electron chi connectivity index (χ4n) is 1.90. The van der Waals surface area contributed by atoms with Crippen molar-refractivity contribution in [3.63, 3.8) is 0 Å². The molecule has 2 heteroatoms. The summed E-state index contributed by atoms with van der Waals surface area (Å²) in [6, 6.07) is 6.87. The van der Waals surface area contributed by atoms with Gasteiger partial charge < -0.3 is 10.1 Å². The molecule has 0 atom stereocenters. The van der Waals surface area contributed by atoms with Gasteiger partial charge in [0.25, 0.3) is 0 Å². The molecular weight excluding hydrogens is 222 g/mol. The van der Waals surface area contributed by atoms with Gasteiger partial charge in [-0.1, -0.05) is 51.8 Å². The maximum atomic E-state index is 5.96. The molecule has 0 aliphatic heterocycles. The lowest BCUT2D eigenvalue weighted by atomic mass is 10.1. The quantitative estimate of drug-likeness (QED) is 0.701. The molecular formula is C16H27NO. The molecule has 0 amide bonds.